The van der Waals surface area contributed by atoms with Gasteiger partial charge in [-0.05, 0) is 29.6 Å². The van der Waals surface area contributed by atoms with Gasteiger partial charge in [-0.3, -0.25) is 4.79 Å². The molecule has 0 unspecified atom stereocenters. The number of aromatic nitrogens is 1. The summed E-state index contributed by atoms with van der Waals surface area (Å²) in [6.45, 7) is 0. The Balaban J connectivity index is 1.94. The molecule has 3 heterocycles. The smallest absolute Gasteiger partial charge is 0.205 e. The zero-order chi connectivity index (χ0) is 21.4. The fourth-order valence-electron chi connectivity index (χ4n) is 3.23. The number of ether oxygens (including phenoxy) is 2. The lowest BCUT2D eigenvalue weighted by atomic mass is 10.0. The van der Waals surface area contributed by atoms with Crippen molar-refractivity contribution in [3.8, 4) is 28.0 Å². The van der Waals surface area contributed by atoms with Gasteiger partial charge in [0.15, 0.2) is 11.5 Å². The lowest BCUT2D eigenvalue weighted by molar-refractivity contribution is 0.104. The van der Waals surface area contributed by atoms with Crippen molar-refractivity contribution in [2.75, 3.05) is 25.7 Å². The SMILES string of the molecule is COc1ccc(C(=O)c2sc3nc(N)c(C#N)c(-c4cccs4)c3c2N)cc1OC. The van der Waals surface area contributed by atoms with E-state index in [2.05, 4.69) is 11.1 Å². The minimum absolute atomic E-state index is 0.111. The van der Waals surface area contributed by atoms with E-state index in [1.807, 2.05) is 17.5 Å². The molecule has 0 atom stereocenters. The van der Waals surface area contributed by atoms with Crippen LogP contribution >= 0.6 is 22.7 Å². The molecule has 0 bridgehead atoms. The Kier molecular flexibility index (Phi) is 5.03. The molecular formula is C21H16N4O3S2. The standard InChI is InChI=1S/C21H16N4O3S2/c1-27-12-6-5-10(8-13(12)28-2)18(26)19-17(23)16-15(14-4-3-7-29-14)11(9-22)20(24)25-21(16)30-19/h3-8H,23H2,1-2H3,(H2,24,25). The molecule has 0 radical (unpaired) electrons. The summed E-state index contributed by atoms with van der Waals surface area (Å²) in [5, 5.41) is 12.1. The van der Waals surface area contributed by atoms with Crippen LogP contribution in [-0.4, -0.2) is 25.0 Å². The monoisotopic (exact) mass is 436 g/mol. The Hall–Kier alpha value is -3.61. The number of carbonyl (C=O) groups is 1. The highest BCUT2D eigenvalue weighted by atomic mass is 32.1. The molecule has 0 aliphatic heterocycles. The number of fused-ring (bicyclic) bond motifs is 1. The number of hydrogen-bond acceptors (Lipinski definition) is 9. The molecule has 1 aromatic carbocycles. The maximum Gasteiger partial charge on any atom is 0.205 e. The van der Waals surface area contributed by atoms with Crippen molar-refractivity contribution in [1.29, 1.82) is 5.26 Å². The number of anilines is 2. The minimum atomic E-state index is -0.273. The Bertz CT molecular complexity index is 1320. The van der Waals surface area contributed by atoms with Gasteiger partial charge in [0.1, 0.15) is 27.2 Å². The van der Waals surface area contributed by atoms with Gasteiger partial charge in [-0.1, -0.05) is 6.07 Å². The van der Waals surface area contributed by atoms with Gasteiger partial charge in [0.2, 0.25) is 5.78 Å². The molecule has 4 aromatic rings. The number of carbonyl (C=O) groups excluding carboxylic acids is 1. The molecule has 0 amide bonds. The van der Waals surface area contributed by atoms with Crippen LogP contribution < -0.4 is 20.9 Å². The van der Waals surface area contributed by atoms with Gasteiger partial charge in [0.25, 0.3) is 0 Å². The van der Waals surface area contributed by atoms with E-state index >= 15 is 0 Å². The maximum absolute atomic E-state index is 13.3. The largest absolute Gasteiger partial charge is 0.493 e. The average molecular weight is 437 g/mol. The summed E-state index contributed by atoms with van der Waals surface area (Å²) < 4.78 is 10.5. The first-order valence-corrected chi connectivity index (χ1v) is 10.4. The molecule has 0 aliphatic carbocycles. The number of nitrogens with zero attached hydrogens (tertiary/aromatic N) is 2. The third-order valence-electron chi connectivity index (χ3n) is 4.64. The van der Waals surface area contributed by atoms with E-state index in [4.69, 9.17) is 20.9 Å². The first kappa shape index (κ1) is 19.7. The van der Waals surface area contributed by atoms with Crippen LogP contribution in [0.25, 0.3) is 20.7 Å². The van der Waals surface area contributed by atoms with Gasteiger partial charge < -0.3 is 20.9 Å². The number of ketones is 1. The fourth-order valence-corrected chi connectivity index (χ4v) is 5.08. The van der Waals surface area contributed by atoms with Crippen molar-refractivity contribution in [2.45, 2.75) is 0 Å². The van der Waals surface area contributed by atoms with Crippen molar-refractivity contribution < 1.29 is 14.3 Å². The third-order valence-corrected chi connectivity index (χ3v) is 6.62. The number of nitrogens with two attached hydrogens (primary N) is 2. The second-order valence-electron chi connectivity index (χ2n) is 6.26. The van der Waals surface area contributed by atoms with Crippen molar-refractivity contribution in [2.24, 2.45) is 0 Å². The normalized spacial score (nSPS) is 10.7. The van der Waals surface area contributed by atoms with Crippen LogP contribution in [0.2, 0.25) is 0 Å². The van der Waals surface area contributed by atoms with Gasteiger partial charge in [-0.25, -0.2) is 4.98 Å². The van der Waals surface area contributed by atoms with Gasteiger partial charge >= 0.3 is 0 Å². The van der Waals surface area contributed by atoms with Crippen LogP contribution in [0.5, 0.6) is 11.5 Å². The summed E-state index contributed by atoms with van der Waals surface area (Å²) in [5.41, 5.74) is 14.0. The summed E-state index contributed by atoms with van der Waals surface area (Å²) in [7, 11) is 3.03. The highest BCUT2D eigenvalue weighted by molar-refractivity contribution is 7.21. The number of thiophene rings is 2. The van der Waals surface area contributed by atoms with Crippen molar-refractivity contribution in [3.63, 3.8) is 0 Å². The number of rotatable bonds is 5. The van der Waals surface area contributed by atoms with E-state index in [1.54, 1.807) is 18.2 Å². The molecule has 9 heteroatoms. The Morgan fingerprint density at radius 3 is 2.57 bits per heavy atom. The number of benzene rings is 1. The van der Waals surface area contributed by atoms with Crippen LogP contribution in [-0.2, 0) is 0 Å². The number of pyridine rings is 1. The molecule has 0 saturated heterocycles. The van der Waals surface area contributed by atoms with Gasteiger partial charge in [-0.15, -0.1) is 22.7 Å². The van der Waals surface area contributed by atoms with E-state index in [-0.39, 0.29) is 22.9 Å². The summed E-state index contributed by atoms with van der Waals surface area (Å²) in [5.74, 6) is 0.799. The van der Waals surface area contributed by atoms with E-state index in [1.165, 1.54) is 25.6 Å². The summed E-state index contributed by atoms with van der Waals surface area (Å²) in [6.07, 6.45) is 0. The number of hydrogen-bond donors (Lipinski definition) is 2. The molecule has 4 rings (SSSR count). The lowest BCUT2D eigenvalue weighted by Gasteiger charge is -2.09. The molecule has 0 aliphatic rings. The van der Waals surface area contributed by atoms with Crippen molar-refractivity contribution in [1.82, 2.24) is 4.98 Å². The zero-order valence-electron chi connectivity index (χ0n) is 16.1. The van der Waals surface area contributed by atoms with E-state index in [0.29, 0.717) is 37.7 Å². The van der Waals surface area contributed by atoms with Gasteiger partial charge in [0.05, 0.1) is 19.9 Å². The Morgan fingerprint density at radius 2 is 1.93 bits per heavy atom. The lowest BCUT2D eigenvalue weighted by Crippen LogP contribution is -2.03. The molecule has 4 N–H and O–H groups in total. The second-order valence-corrected chi connectivity index (χ2v) is 8.21. The average Bonchev–Trinajstić information content (AvgIpc) is 3.40. The molecule has 7 nitrogen and oxygen atoms in total. The van der Waals surface area contributed by atoms with Crippen molar-refractivity contribution >= 4 is 50.2 Å². The summed E-state index contributed by atoms with van der Waals surface area (Å²) in [4.78, 5) is 19.3. The molecule has 30 heavy (non-hydrogen) atoms. The fraction of sp³-hybridized carbons (Fsp3) is 0.0952. The van der Waals surface area contributed by atoms with Crippen LogP contribution in [0.1, 0.15) is 20.8 Å². The number of nitrogen functional groups attached to an aromatic ring is 2. The molecule has 0 saturated carbocycles. The van der Waals surface area contributed by atoms with Crippen LogP contribution in [0.4, 0.5) is 11.5 Å². The molecule has 3 aromatic heterocycles. The highest BCUT2D eigenvalue weighted by Crippen LogP contribution is 2.44. The predicted molar refractivity (Wildman–Crippen MR) is 119 cm³/mol. The van der Waals surface area contributed by atoms with Crippen LogP contribution in [0.3, 0.4) is 0 Å². The highest BCUT2D eigenvalue weighted by Gasteiger charge is 2.25. The summed E-state index contributed by atoms with van der Waals surface area (Å²) >= 11 is 2.61. The topological polar surface area (TPSA) is 124 Å². The van der Waals surface area contributed by atoms with Gasteiger partial charge in [-0.2, -0.15) is 5.26 Å². The van der Waals surface area contributed by atoms with Gasteiger partial charge in [0, 0.05) is 21.4 Å². The van der Waals surface area contributed by atoms with Crippen molar-refractivity contribution in [3.05, 3.63) is 51.7 Å². The Labute approximate surface area is 180 Å². The predicted octanol–water partition coefficient (Wildman–Crippen LogP) is 4.31. The quantitative estimate of drug-likeness (QED) is 0.447. The molecule has 0 spiro atoms. The van der Waals surface area contributed by atoms with E-state index < -0.39 is 0 Å². The molecular weight excluding hydrogens is 420 g/mol. The van der Waals surface area contributed by atoms with E-state index in [0.717, 1.165) is 16.2 Å². The third kappa shape index (κ3) is 3.03. The Morgan fingerprint density at radius 1 is 1.17 bits per heavy atom. The zero-order valence-corrected chi connectivity index (χ0v) is 17.7. The number of methoxy groups -OCH3 is 2. The van der Waals surface area contributed by atoms with E-state index in [9.17, 15) is 10.1 Å². The summed E-state index contributed by atoms with van der Waals surface area (Å²) in [6, 6.07) is 10.8. The molecule has 0 fully saturated rings. The molecule has 150 valence electrons. The van der Waals surface area contributed by atoms with Crippen LogP contribution in [0, 0.1) is 11.3 Å². The number of nitriles is 1. The second kappa shape index (κ2) is 7.67. The van der Waals surface area contributed by atoms with Crippen LogP contribution in [0.15, 0.2) is 35.7 Å². The minimum Gasteiger partial charge on any atom is -0.493 e. The first-order chi connectivity index (χ1) is 14.5. The maximum atomic E-state index is 13.3. The first-order valence-electron chi connectivity index (χ1n) is 8.72.